The number of nitriles is 1. The van der Waals surface area contributed by atoms with Crippen molar-refractivity contribution in [3.05, 3.63) is 0 Å². The van der Waals surface area contributed by atoms with E-state index < -0.39 is 17.6 Å². The van der Waals surface area contributed by atoms with Crippen LogP contribution in [0.25, 0.3) is 0 Å². The van der Waals surface area contributed by atoms with Crippen molar-refractivity contribution in [3.8, 4) is 6.07 Å². The SMILES string of the molecule is CC(C#N)NC(=O)C1(O)CCSC1. The van der Waals surface area contributed by atoms with E-state index >= 15 is 0 Å². The first-order chi connectivity index (χ1) is 6.08. The van der Waals surface area contributed by atoms with E-state index in [1.807, 2.05) is 6.07 Å². The van der Waals surface area contributed by atoms with Crippen LogP contribution in [-0.4, -0.2) is 34.2 Å². The molecule has 0 bridgehead atoms. The molecular formula is C8H12N2O2S. The highest BCUT2D eigenvalue weighted by Gasteiger charge is 2.39. The Kier molecular flexibility index (Phi) is 3.17. The molecule has 72 valence electrons. The smallest absolute Gasteiger partial charge is 0.253 e. The summed E-state index contributed by atoms with van der Waals surface area (Å²) >= 11 is 1.55. The lowest BCUT2D eigenvalue weighted by molar-refractivity contribution is -0.137. The van der Waals surface area contributed by atoms with E-state index in [1.165, 1.54) is 0 Å². The van der Waals surface area contributed by atoms with Crippen molar-refractivity contribution in [3.63, 3.8) is 0 Å². The Morgan fingerprint density at radius 2 is 2.54 bits per heavy atom. The van der Waals surface area contributed by atoms with Crippen LogP contribution in [0, 0.1) is 11.3 Å². The molecule has 0 radical (unpaired) electrons. The van der Waals surface area contributed by atoms with E-state index in [4.69, 9.17) is 5.26 Å². The summed E-state index contributed by atoms with van der Waals surface area (Å²) in [6, 6.07) is 1.35. The number of amides is 1. The molecule has 1 heterocycles. The number of thioether (sulfide) groups is 1. The first-order valence-electron chi connectivity index (χ1n) is 4.09. The molecule has 4 nitrogen and oxygen atoms in total. The maximum atomic E-state index is 11.4. The molecule has 1 saturated heterocycles. The average Bonchev–Trinajstić information content (AvgIpc) is 2.53. The van der Waals surface area contributed by atoms with Crippen molar-refractivity contribution in [1.29, 1.82) is 5.26 Å². The fraction of sp³-hybridized carbons (Fsp3) is 0.750. The molecule has 1 fully saturated rings. The highest BCUT2D eigenvalue weighted by Crippen LogP contribution is 2.27. The van der Waals surface area contributed by atoms with Crippen molar-refractivity contribution < 1.29 is 9.90 Å². The summed E-state index contributed by atoms with van der Waals surface area (Å²) in [5.74, 6) is 0.800. The van der Waals surface area contributed by atoms with Crippen molar-refractivity contribution in [2.75, 3.05) is 11.5 Å². The lowest BCUT2D eigenvalue weighted by Crippen LogP contribution is -2.49. The van der Waals surface area contributed by atoms with Crippen LogP contribution in [0.5, 0.6) is 0 Å². The van der Waals surface area contributed by atoms with Gasteiger partial charge in [-0.2, -0.15) is 17.0 Å². The lowest BCUT2D eigenvalue weighted by Gasteiger charge is -2.20. The Hall–Kier alpha value is -0.730. The summed E-state index contributed by atoms with van der Waals surface area (Å²) in [6.07, 6.45) is 0.474. The number of nitrogens with zero attached hydrogens (tertiary/aromatic N) is 1. The third-order valence-electron chi connectivity index (χ3n) is 1.96. The van der Waals surface area contributed by atoms with Crippen LogP contribution >= 0.6 is 11.8 Å². The van der Waals surface area contributed by atoms with E-state index in [1.54, 1.807) is 18.7 Å². The number of carbonyl (C=O) groups is 1. The normalized spacial score (nSPS) is 29.3. The van der Waals surface area contributed by atoms with Gasteiger partial charge in [-0.1, -0.05) is 0 Å². The van der Waals surface area contributed by atoms with E-state index in [-0.39, 0.29) is 0 Å². The largest absolute Gasteiger partial charge is 0.379 e. The first-order valence-corrected chi connectivity index (χ1v) is 5.25. The number of rotatable bonds is 2. The van der Waals surface area contributed by atoms with Crippen LogP contribution in [0.4, 0.5) is 0 Å². The van der Waals surface area contributed by atoms with Gasteiger partial charge in [-0.3, -0.25) is 4.79 Å². The van der Waals surface area contributed by atoms with Gasteiger partial charge in [0.15, 0.2) is 5.60 Å². The van der Waals surface area contributed by atoms with Crippen molar-refractivity contribution in [1.82, 2.24) is 5.32 Å². The Labute approximate surface area is 81.3 Å². The monoisotopic (exact) mass is 200 g/mol. The minimum atomic E-state index is -1.25. The van der Waals surface area contributed by atoms with Crippen molar-refractivity contribution in [2.24, 2.45) is 0 Å². The summed E-state index contributed by atoms with van der Waals surface area (Å²) < 4.78 is 0. The van der Waals surface area contributed by atoms with Gasteiger partial charge in [0.2, 0.25) is 0 Å². The zero-order valence-electron chi connectivity index (χ0n) is 7.41. The van der Waals surface area contributed by atoms with Crippen LogP contribution in [0.15, 0.2) is 0 Å². The van der Waals surface area contributed by atoms with E-state index in [0.29, 0.717) is 12.2 Å². The lowest BCUT2D eigenvalue weighted by atomic mass is 10.0. The van der Waals surface area contributed by atoms with Crippen molar-refractivity contribution in [2.45, 2.75) is 25.0 Å². The molecule has 13 heavy (non-hydrogen) atoms. The standard InChI is InChI=1S/C8H12N2O2S/c1-6(4-9)10-7(11)8(12)2-3-13-5-8/h6,12H,2-3,5H2,1H3,(H,10,11). The van der Waals surface area contributed by atoms with Gasteiger partial charge in [0.25, 0.3) is 5.91 Å². The molecule has 0 spiro atoms. The second-order valence-electron chi connectivity index (χ2n) is 3.16. The minimum absolute atomic E-state index is 0.424. The third-order valence-corrected chi connectivity index (χ3v) is 3.14. The summed E-state index contributed by atoms with van der Waals surface area (Å²) in [7, 11) is 0. The number of carbonyl (C=O) groups excluding carboxylic acids is 1. The predicted molar refractivity (Wildman–Crippen MR) is 50.1 cm³/mol. The minimum Gasteiger partial charge on any atom is -0.379 e. The van der Waals surface area contributed by atoms with Gasteiger partial charge < -0.3 is 10.4 Å². The molecule has 0 aromatic rings. The summed E-state index contributed by atoms with van der Waals surface area (Å²) in [4.78, 5) is 11.4. The van der Waals surface area contributed by atoms with Crippen LogP contribution in [0.1, 0.15) is 13.3 Å². The van der Waals surface area contributed by atoms with Gasteiger partial charge in [-0.15, -0.1) is 0 Å². The quantitative estimate of drug-likeness (QED) is 0.652. The second-order valence-corrected chi connectivity index (χ2v) is 4.26. The van der Waals surface area contributed by atoms with Gasteiger partial charge in [0.1, 0.15) is 6.04 Å². The number of hydrogen-bond donors (Lipinski definition) is 2. The summed E-state index contributed by atoms with van der Waals surface area (Å²) in [5, 5.41) is 20.7. The first kappa shape index (κ1) is 10.4. The zero-order valence-corrected chi connectivity index (χ0v) is 8.23. The number of aliphatic hydroxyl groups is 1. The molecule has 1 aliphatic rings. The van der Waals surface area contributed by atoms with Crippen LogP contribution in [0.3, 0.4) is 0 Å². The highest BCUT2D eigenvalue weighted by molar-refractivity contribution is 7.99. The van der Waals surface area contributed by atoms with Crippen LogP contribution in [-0.2, 0) is 4.79 Å². The molecule has 1 aliphatic heterocycles. The molecule has 0 saturated carbocycles. The van der Waals surface area contributed by atoms with Crippen LogP contribution < -0.4 is 5.32 Å². The maximum Gasteiger partial charge on any atom is 0.253 e. The van der Waals surface area contributed by atoms with Gasteiger partial charge >= 0.3 is 0 Å². The topological polar surface area (TPSA) is 73.1 Å². The Morgan fingerprint density at radius 3 is 3.00 bits per heavy atom. The van der Waals surface area contributed by atoms with E-state index in [0.717, 1.165) is 5.75 Å². The number of nitrogens with one attached hydrogen (secondary N) is 1. The third kappa shape index (κ3) is 2.36. The zero-order chi connectivity index (χ0) is 9.90. The molecule has 2 atom stereocenters. The Bertz CT molecular complexity index is 243. The van der Waals surface area contributed by atoms with Crippen molar-refractivity contribution >= 4 is 17.7 Å². The Morgan fingerprint density at radius 1 is 1.85 bits per heavy atom. The van der Waals surface area contributed by atoms with E-state index in [2.05, 4.69) is 5.32 Å². The molecule has 5 heteroatoms. The van der Waals surface area contributed by atoms with Gasteiger partial charge in [-0.05, 0) is 19.1 Å². The average molecular weight is 200 g/mol. The van der Waals surface area contributed by atoms with Gasteiger partial charge in [-0.25, -0.2) is 0 Å². The molecule has 1 amide bonds. The van der Waals surface area contributed by atoms with Crippen LogP contribution in [0.2, 0.25) is 0 Å². The van der Waals surface area contributed by atoms with Gasteiger partial charge in [0.05, 0.1) is 6.07 Å². The molecule has 0 aromatic heterocycles. The molecule has 0 aliphatic carbocycles. The van der Waals surface area contributed by atoms with E-state index in [9.17, 15) is 9.90 Å². The fourth-order valence-electron chi connectivity index (χ4n) is 1.10. The maximum absolute atomic E-state index is 11.4. The number of hydrogen-bond acceptors (Lipinski definition) is 4. The molecular weight excluding hydrogens is 188 g/mol. The highest BCUT2D eigenvalue weighted by atomic mass is 32.2. The Balaban J connectivity index is 2.52. The summed E-state index contributed by atoms with van der Waals surface area (Å²) in [5.41, 5.74) is -1.25. The molecule has 1 rings (SSSR count). The predicted octanol–water partition coefficient (Wildman–Crippen LogP) is -0.117. The molecule has 0 aromatic carbocycles. The second kappa shape index (κ2) is 3.99. The molecule has 2 N–H and O–H groups in total. The fourth-order valence-corrected chi connectivity index (χ4v) is 2.34. The summed E-state index contributed by atoms with van der Waals surface area (Å²) in [6.45, 7) is 1.59. The van der Waals surface area contributed by atoms with Gasteiger partial charge in [0, 0.05) is 5.75 Å². The molecule has 2 unspecified atom stereocenters.